The molecule has 1 aromatic rings. The number of likely N-dealkylation sites (tertiary alicyclic amines) is 1. The van der Waals surface area contributed by atoms with Crippen LogP contribution in [0.1, 0.15) is 48.5 Å². The summed E-state index contributed by atoms with van der Waals surface area (Å²) in [4.78, 5) is 26.2. The molecule has 0 radical (unpaired) electrons. The summed E-state index contributed by atoms with van der Waals surface area (Å²) in [5.41, 5.74) is -0.110. The van der Waals surface area contributed by atoms with Gasteiger partial charge in [0, 0.05) is 13.1 Å². The maximum Gasteiger partial charge on any atom is 0.311 e. The quantitative estimate of drug-likeness (QED) is 0.916. The second kappa shape index (κ2) is 5.87. The molecule has 7 heteroatoms. The van der Waals surface area contributed by atoms with Gasteiger partial charge in [0.05, 0.1) is 11.1 Å². The van der Waals surface area contributed by atoms with Gasteiger partial charge in [-0.15, -0.1) is 5.10 Å². The van der Waals surface area contributed by atoms with Gasteiger partial charge < -0.3 is 10.0 Å². The predicted molar refractivity (Wildman–Crippen MR) is 74.8 cm³/mol. The minimum Gasteiger partial charge on any atom is -0.481 e. The zero-order chi connectivity index (χ0) is 14.8. The number of carbonyl (C=O) groups excluding carboxylic acids is 1. The SMILES string of the molecule is CCc1nnsc1C(=O)N1CCCC(CC)(C(=O)O)C1. The summed E-state index contributed by atoms with van der Waals surface area (Å²) in [6.07, 6.45) is 2.54. The first-order valence-electron chi connectivity index (χ1n) is 6.88. The smallest absolute Gasteiger partial charge is 0.311 e. The molecule has 1 saturated heterocycles. The van der Waals surface area contributed by atoms with Crippen LogP contribution in [-0.4, -0.2) is 44.6 Å². The number of amides is 1. The van der Waals surface area contributed by atoms with Crippen molar-refractivity contribution in [2.45, 2.75) is 39.5 Å². The minimum atomic E-state index is -0.810. The Morgan fingerprint density at radius 1 is 1.45 bits per heavy atom. The summed E-state index contributed by atoms with van der Waals surface area (Å²) in [6.45, 7) is 4.68. The van der Waals surface area contributed by atoms with Gasteiger partial charge in [0.15, 0.2) is 0 Å². The fourth-order valence-electron chi connectivity index (χ4n) is 2.67. The summed E-state index contributed by atoms with van der Waals surface area (Å²) in [7, 11) is 0. The fraction of sp³-hybridized carbons (Fsp3) is 0.692. The molecule has 0 aromatic carbocycles. The lowest BCUT2D eigenvalue weighted by Crippen LogP contribution is -2.49. The lowest BCUT2D eigenvalue weighted by Gasteiger charge is -2.39. The lowest BCUT2D eigenvalue weighted by atomic mass is 9.77. The maximum atomic E-state index is 12.5. The molecule has 1 N–H and O–H groups in total. The average Bonchev–Trinajstić information content (AvgIpc) is 2.94. The van der Waals surface area contributed by atoms with Crippen molar-refractivity contribution in [2.24, 2.45) is 5.41 Å². The summed E-state index contributed by atoms with van der Waals surface area (Å²) in [5, 5.41) is 13.4. The number of aliphatic carboxylic acids is 1. The van der Waals surface area contributed by atoms with Crippen LogP contribution >= 0.6 is 11.5 Å². The van der Waals surface area contributed by atoms with Crippen molar-refractivity contribution in [2.75, 3.05) is 13.1 Å². The van der Waals surface area contributed by atoms with E-state index in [-0.39, 0.29) is 12.5 Å². The van der Waals surface area contributed by atoms with E-state index in [1.807, 2.05) is 13.8 Å². The summed E-state index contributed by atoms with van der Waals surface area (Å²) in [5.74, 6) is -0.939. The van der Waals surface area contributed by atoms with Gasteiger partial charge in [-0.1, -0.05) is 18.3 Å². The molecule has 6 nitrogen and oxygen atoms in total. The second-order valence-corrected chi connectivity index (χ2v) is 5.93. The van der Waals surface area contributed by atoms with Crippen molar-refractivity contribution < 1.29 is 14.7 Å². The van der Waals surface area contributed by atoms with Crippen molar-refractivity contribution in [3.8, 4) is 0 Å². The predicted octanol–water partition coefficient (Wildman–Crippen LogP) is 1.82. The van der Waals surface area contributed by atoms with Crippen LogP contribution in [0.5, 0.6) is 0 Å². The maximum absolute atomic E-state index is 12.5. The molecule has 1 unspecified atom stereocenters. The van der Waals surface area contributed by atoms with Gasteiger partial charge in [0.2, 0.25) is 0 Å². The van der Waals surface area contributed by atoms with Crippen molar-refractivity contribution in [1.82, 2.24) is 14.5 Å². The van der Waals surface area contributed by atoms with Crippen molar-refractivity contribution >= 4 is 23.4 Å². The first-order chi connectivity index (χ1) is 9.54. The van der Waals surface area contributed by atoms with Crippen molar-refractivity contribution in [3.63, 3.8) is 0 Å². The van der Waals surface area contributed by atoms with Crippen LogP contribution in [0, 0.1) is 5.41 Å². The molecule has 1 aliphatic heterocycles. The molecule has 1 atom stereocenters. The Balaban J connectivity index is 2.21. The van der Waals surface area contributed by atoms with E-state index in [4.69, 9.17) is 0 Å². The number of carboxylic acid groups (broad SMARTS) is 1. The molecule has 0 bridgehead atoms. The third-order valence-electron chi connectivity index (χ3n) is 4.08. The number of rotatable bonds is 4. The molecule has 2 heterocycles. The largest absolute Gasteiger partial charge is 0.481 e. The van der Waals surface area contributed by atoms with Crippen molar-refractivity contribution in [3.05, 3.63) is 10.6 Å². The Kier molecular flexibility index (Phi) is 4.37. The molecular weight excluding hydrogens is 278 g/mol. The van der Waals surface area contributed by atoms with E-state index in [2.05, 4.69) is 9.59 Å². The molecule has 0 saturated carbocycles. The Hall–Kier alpha value is -1.50. The van der Waals surface area contributed by atoms with Crippen LogP contribution in [0.4, 0.5) is 0 Å². The van der Waals surface area contributed by atoms with E-state index in [0.717, 1.165) is 18.0 Å². The van der Waals surface area contributed by atoms with E-state index >= 15 is 0 Å². The van der Waals surface area contributed by atoms with E-state index in [9.17, 15) is 14.7 Å². The molecule has 1 amide bonds. The third kappa shape index (κ3) is 2.54. The number of piperidine rings is 1. The number of hydrogen-bond acceptors (Lipinski definition) is 5. The van der Waals surface area contributed by atoms with Gasteiger partial charge >= 0.3 is 5.97 Å². The van der Waals surface area contributed by atoms with Crippen LogP contribution < -0.4 is 0 Å². The number of carboxylic acids is 1. The Morgan fingerprint density at radius 2 is 2.20 bits per heavy atom. The van der Waals surface area contributed by atoms with Gasteiger partial charge in [0.25, 0.3) is 5.91 Å². The van der Waals surface area contributed by atoms with E-state index in [0.29, 0.717) is 36.4 Å². The van der Waals surface area contributed by atoms with Crippen LogP contribution in [0.25, 0.3) is 0 Å². The fourth-order valence-corrected chi connectivity index (χ4v) is 3.38. The zero-order valence-electron chi connectivity index (χ0n) is 11.8. The Morgan fingerprint density at radius 3 is 2.80 bits per heavy atom. The molecule has 110 valence electrons. The number of carbonyl (C=O) groups is 2. The highest BCUT2D eigenvalue weighted by atomic mass is 32.1. The van der Waals surface area contributed by atoms with Crippen LogP contribution in [0.3, 0.4) is 0 Å². The topological polar surface area (TPSA) is 83.4 Å². The number of aromatic nitrogens is 2. The van der Waals surface area contributed by atoms with E-state index in [1.165, 1.54) is 0 Å². The minimum absolute atomic E-state index is 0.129. The summed E-state index contributed by atoms with van der Waals surface area (Å²) in [6, 6.07) is 0. The molecule has 1 aliphatic rings. The lowest BCUT2D eigenvalue weighted by molar-refractivity contribution is -0.152. The summed E-state index contributed by atoms with van der Waals surface area (Å²) >= 11 is 1.09. The van der Waals surface area contributed by atoms with Gasteiger partial charge in [0.1, 0.15) is 4.88 Å². The number of nitrogens with zero attached hydrogens (tertiary/aromatic N) is 3. The van der Waals surface area contributed by atoms with Gasteiger partial charge in [-0.25, -0.2) is 0 Å². The first-order valence-corrected chi connectivity index (χ1v) is 7.65. The van der Waals surface area contributed by atoms with E-state index in [1.54, 1.807) is 4.90 Å². The standard InChI is InChI=1S/C13H19N3O3S/c1-3-9-10(20-15-14-9)11(17)16-7-5-6-13(4-2,8-16)12(18)19/h3-8H2,1-2H3,(H,18,19). The van der Waals surface area contributed by atoms with Crippen LogP contribution in [0.2, 0.25) is 0 Å². The molecule has 1 aromatic heterocycles. The van der Waals surface area contributed by atoms with Gasteiger partial charge in [-0.2, -0.15) is 0 Å². The molecule has 0 aliphatic carbocycles. The number of aryl methyl sites for hydroxylation is 1. The van der Waals surface area contributed by atoms with Crippen LogP contribution in [0.15, 0.2) is 0 Å². The van der Waals surface area contributed by atoms with Gasteiger partial charge in [-0.3, -0.25) is 9.59 Å². The molecule has 20 heavy (non-hydrogen) atoms. The van der Waals surface area contributed by atoms with Crippen LogP contribution in [-0.2, 0) is 11.2 Å². The average molecular weight is 297 g/mol. The Labute approximate surface area is 122 Å². The highest BCUT2D eigenvalue weighted by Gasteiger charge is 2.42. The molecular formula is C13H19N3O3S. The van der Waals surface area contributed by atoms with Gasteiger partial charge in [-0.05, 0) is 37.2 Å². The Bertz CT molecular complexity index is 517. The third-order valence-corrected chi connectivity index (χ3v) is 4.84. The highest BCUT2D eigenvalue weighted by Crippen LogP contribution is 2.34. The van der Waals surface area contributed by atoms with E-state index < -0.39 is 11.4 Å². The highest BCUT2D eigenvalue weighted by molar-refractivity contribution is 7.08. The van der Waals surface area contributed by atoms with Crippen molar-refractivity contribution in [1.29, 1.82) is 0 Å². The normalized spacial score (nSPS) is 22.8. The summed E-state index contributed by atoms with van der Waals surface area (Å²) < 4.78 is 3.83. The molecule has 2 rings (SSSR count). The first kappa shape index (κ1) is 14.9. The monoisotopic (exact) mass is 297 g/mol. The number of hydrogen-bond donors (Lipinski definition) is 1. The zero-order valence-corrected chi connectivity index (χ0v) is 12.6. The second-order valence-electron chi connectivity index (χ2n) is 5.17. The molecule has 1 fully saturated rings. The molecule has 0 spiro atoms.